The molecule has 1 amide bonds. The number of amides is 1. The first-order valence-electron chi connectivity index (χ1n) is 7.35. The summed E-state index contributed by atoms with van der Waals surface area (Å²) in [5.41, 5.74) is 0. The van der Waals surface area contributed by atoms with E-state index >= 15 is 0 Å². The molecule has 3 rings (SSSR count). The molecule has 1 aromatic carbocycles. The summed E-state index contributed by atoms with van der Waals surface area (Å²) in [5.74, 6) is 1.34. The van der Waals surface area contributed by atoms with Gasteiger partial charge in [0.15, 0.2) is 0 Å². The zero-order chi connectivity index (χ0) is 15.5. The summed E-state index contributed by atoms with van der Waals surface area (Å²) in [5, 5.41) is 7.21. The van der Waals surface area contributed by atoms with Crippen molar-refractivity contribution < 1.29 is 9.18 Å². The van der Waals surface area contributed by atoms with Gasteiger partial charge in [0.2, 0.25) is 5.91 Å². The maximum absolute atomic E-state index is 12.8. The zero-order valence-electron chi connectivity index (χ0n) is 12.3. The molecule has 1 atom stereocenters. The lowest BCUT2D eigenvalue weighted by Gasteiger charge is -2.15. The lowest BCUT2D eigenvalue weighted by molar-refractivity contribution is -0.113. The third-order valence-corrected chi connectivity index (χ3v) is 4.82. The van der Waals surface area contributed by atoms with Crippen LogP contribution in [0.5, 0.6) is 0 Å². The second-order valence-electron chi connectivity index (χ2n) is 5.53. The van der Waals surface area contributed by atoms with Gasteiger partial charge < -0.3 is 5.32 Å². The van der Waals surface area contributed by atoms with Crippen LogP contribution in [0.2, 0.25) is 0 Å². The molecule has 6 heteroatoms. The zero-order valence-corrected chi connectivity index (χ0v) is 13.1. The molecule has 2 aromatic rings. The number of aromatic nitrogens is 2. The number of hydrogen-bond donors (Lipinski definition) is 1. The monoisotopic (exact) mass is 319 g/mol. The quantitative estimate of drug-likeness (QED) is 0.825. The van der Waals surface area contributed by atoms with Crippen LogP contribution in [0.1, 0.15) is 25.8 Å². The van der Waals surface area contributed by atoms with Crippen molar-refractivity contribution in [1.29, 1.82) is 0 Å². The van der Waals surface area contributed by atoms with E-state index in [9.17, 15) is 9.18 Å². The maximum atomic E-state index is 12.8. The Labute approximate surface area is 133 Å². The number of rotatable bonds is 6. The first kappa shape index (κ1) is 15.1. The van der Waals surface area contributed by atoms with E-state index in [0.717, 1.165) is 10.7 Å². The van der Waals surface area contributed by atoms with Gasteiger partial charge >= 0.3 is 0 Å². The van der Waals surface area contributed by atoms with E-state index in [1.807, 2.05) is 10.7 Å². The molecule has 0 radical (unpaired) electrons. The van der Waals surface area contributed by atoms with Gasteiger partial charge in [0.1, 0.15) is 11.6 Å². The highest BCUT2D eigenvalue weighted by Crippen LogP contribution is 2.40. The second-order valence-corrected chi connectivity index (χ2v) is 6.58. The second kappa shape index (κ2) is 6.52. The minimum absolute atomic E-state index is 0.0842. The average molecular weight is 319 g/mol. The smallest absolute Gasteiger partial charge is 0.235 e. The number of carbonyl (C=O) groups is 1. The molecule has 1 N–H and O–H groups in total. The number of thioether (sulfide) groups is 1. The van der Waals surface area contributed by atoms with Gasteiger partial charge in [-0.1, -0.05) is 0 Å². The van der Waals surface area contributed by atoms with Gasteiger partial charge in [-0.05, 0) is 49.9 Å². The summed E-state index contributed by atoms with van der Waals surface area (Å²) in [6.07, 6.45) is 4.17. The SMILES string of the molecule is CC(C1CC1)n1nccc1NC(=O)CSc1ccc(F)cc1. The van der Waals surface area contributed by atoms with Gasteiger partial charge in [-0.25, -0.2) is 9.07 Å². The van der Waals surface area contributed by atoms with Crippen molar-refractivity contribution >= 4 is 23.5 Å². The van der Waals surface area contributed by atoms with Crippen LogP contribution in [0, 0.1) is 11.7 Å². The van der Waals surface area contributed by atoms with E-state index in [4.69, 9.17) is 0 Å². The average Bonchev–Trinajstić information content (AvgIpc) is 3.26. The Hall–Kier alpha value is -1.82. The summed E-state index contributed by atoms with van der Waals surface area (Å²) in [6, 6.07) is 8.27. The van der Waals surface area contributed by atoms with E-state index in [2.05, 4.69) is 17.3 Å². The highest BCUT2D eigenvalue weighted by molar-refractivity contribution is 8.00. The molecule has 1 heterocycles. The van der Waals surface area contributed by atoms with Crippen molar-refractivity contribution in [3.8, 4) is 0 Å². The molecular weight excluding hydrogens is 301 g/mol. The van der Waals surface area contributed by atoms with Crippen LogP contribution in [0.25, 0.3) is 0 Å². The molecule has 22 heavy (non-hydrogen) atoms. The Morgan fingerprint density at radius 1 is 1.41 bits per heavy atom. The van der Waals surface area contributed by atoms with Crippen LogP contribution >= 0.6 is 11.8 Å². The van der Waals surface area contributed by atoms with Crippen molar-refractivity contribution in [3.63, 3.8) is 0 Å². The molecule has 1 unspecified atom stereocenters. The molecular formula is C16H18FN3OS. The van der Waals surface area contributed by atoms with Crippen molar-refractivity contribution in [3.05, 3.63) is 42.3 Å². The Kier molecular flexibility index (Phi) is 4.47. The van der Waals surface area contributed by atoms with Gasteiger partial charge in [-0.3, -0.25) is 4.79 Å². The predicted octanol–water partition coefficient (Wildman–Crippen LogP) is 3.72. The summed E-state index contributed by atoms with van der Waals surface area (Å²) in [6.45, 7) is 2.13. The molecule has 0 aliphatic heterocycles. The lowest BCUT2D eigenvalue weighted by Crippen LogP contribution is -2.19. The number of carbonyl (C=O) groups excluding carboxylic acids is 1. The number of nitrogens with zero attached hydrogens (tertiary/aromatic N) is 2. The Balaban J connectivity index is 1.55. The van der Waals surface area contributed by atoms with Crippen LogP contribution in [0.15, 0.2) is 41.4 Å². The van der Waals surface area contributed by atoms with Crippen LogP contribution in [-0.2, 0) is 4.79 Å². The summed E-state index contributed by atoms with van der Waals surface area (Å²) in [7, 11) is 0. The number of hydrogen-bond acceptors (Lipinski definition) is 3. The molecule has 1 fully saturated rings. The molecule has 1 aliphatic rings. The lowest BCUT2D eigenvalue weighted by atomic mass is 10.2. The molecule has 4 nitrogen and oxygen atoms in total. The van der Waals surface area contributed by atoms with Crippen molar-refractivity contribution in [2.24, 2.45) is 5.92 Å². The maximum Gasteiger partial charge on any atom is 0.235 e. The van der Waals surface area contributed by atoms with E-state index in [-0.39, 0.29) is 17.5 Å². The Morgan fingerprint density at radius 3 is 2.82 bits per heavy atom. The number of halogens is 1. The molecule has 0 saturated heterocycles. The molecule has 116 valence electrons. The minimum Gasteiger partial charge on any atom is -0.310 e. The van der Waals surface area contributed by atoms with Crippen molar-refractivity contribution in [2.45, 2.75) is 30.7 Å². The standard InChI is InChI=1S/C16H18FN3OS/c1-11(12-2-3-12)20-15(8-9-18-20)19-16(21)10-22-14-6-4-13(17)5-7-14/h4-9,11-12H,2-3,10H2,1H3,(H,19,21). The molecule has 1 aromatic heterocycles. The predicted molar refractivity (Wildman–Crippen MR) is 85.4 cm³/mol. The minimum atomic E-state index is -0.272. The fourth-order valence-corrected chi connectivity index (χ4v) is 3.07. The number of nitrogens with one attached hydrogen (secondary N) is 1. The number of benzene rings is 1. The highest BCUT2D eigenvalue weighted by atomic mass is 32.2. The Morgan fingerprint density at radius 2 is 2.14 bits per heavy atom. The van der Waals surface area contributed by atoms with Crippen molar-refractivity contribution in [1.82, 2.24) is 9.78 Å². The third-order valence-electron chi connectivity index (χ3n) is 3.81. The van der Waals surface area contributed by atoms with Gasteiger partial charge in [0.05, 0.1) is 18.0 Å². The summed E-state index contributed by atoms with van der Waals surface area (Å²) >= 11 is 1.38. The Bertz CT molecular complexity index is 652. The van der Waals surface area contributed by atoms with Gasteiger partial charge in [0, 0.05) is 11.0 Å². The van der Waals surface area contributed by atoms with Crippen LogP contribution in [-0.4, -0.2) is 21.4 Å². The first-order chi connectivity index (χ1) is 10.6. The largest absolute Gasteiger partial charge is 0.310 e. The van der Waals surface area contributed by atoms with Crippen molar-refractivity contribution in [2.75, 3.05) is 11.1 Å². The molecule has 1 saturated carbocycles. The molecule has 1 aliphatic carbocycles. The fraction of sp³-hybridized carbons (Fsp3) is 0.375. The van der Waals surface area contributed by atoms with E-state index in [1.54, 1.807) is 18.3 Å². The topological polar surface area (TPSA) is 46.9 Å². The van der Waals surface area contributed by atoms with Crippen LogP contribution < -0.4 is 5.32 Å². The summed E-state index contributed by atoms with van der Waals surface area (Å²) < 4.78 is 14.7. The molecule has 0 spiro atoms. The van der Waals surface area contributed by atoms with Gasteiger partial charge in [-0.2, -0.15) is 5.10 Å². The normalized spacial score (nSPS) is 15.5. The molecule has 0 bridgehead atoms. The highest BCUT2D eigenvalue weighted by Gasteiger charge is 2.30. The van der Waals surface area contributed by atoms with Gasteiger partial charge in [0.25, 0.3) is 0 Å². The van der Waals surface area contributed by atoms with Crippen LogP contribution in [0.3, 0.4) is 0 Å². The summed E-state index contributed by atoms with van der Waals surface area (Å²) in [4.78, 5) is 12.9. The third kappa shape index (κ3) is 3.68. The van der Waals surface area contributed by atoms with E-state index < -0.39 is 0 Å². The van der Waals surface area contributed by atoms with Gasteiger partial charge in [-0.15, -0.1) is 11.8 Å². The number of anilines is 1. The van der Waals surface area contributed by atoms with E-state index in [1.165, 1.54) is 36.7 Å². The fourth-order valence-electron chi connectivity index (χ4n) is 2.37. The first-order valence-corrected chi connectivity index (χ1v) is 8.34. The van der Waals surface area contributed by atoms with E-state index in [0.29, 0.717) is 12.0 Å². The van der Waals surface area contributed by atoms with Crippen LogP contribution in [0.4, 0.5) is 10.2 Å².